The van der Waals surface area contributed by atoms with Crippen LogP contribution >= 0.6 is 21.4 Å². The molecule has 0 saturated carbocycles. The van der Waals surface area contributed by atoms with Gasteiger partial charge < -0.3 is 5.32 Å². The van der Waals surface area contributed by atoms with Crippen LogP contribution in [0.25, 0.3) is 0 Å². The van der Waals surface area contributed by atoms with Crippen LogP contribution in [0.5, 0.6) is 0 Å². The molecule has 0 spiro atoms. The summed E-state index contributed by atoms with van der Waals surface area (Å²) < 4.78 is 66.2. The van der Waals surface area contributed by atoms with E-state index in [1.165, 1.54) is 12.1 Å². The molecule has 1 amide bonds. The predicted molar refractivity (Wildman–Crippen MR) is 64.9 cm³/mol. The fourth-order valence-corrected chi connectivity index (χ4v) is 0.929. The van der Waals surface area contributed by atoms with Gasteiger partial charge in [-0.15, -0.1) is 0 Å². The topological polar surface area (TPSA) is 63.2 Å². The van der Waals surface area contributed by atoms with Gasteiger partial charge in [-0.2, -0.15) is 21.6 Å². The van der Waals surface area contributed by atoms with Crippen molar-refractivity contribution in [3.05, 3.63) is 35.6 Å². The van der Waals surface area contributed by atoms with E-state index < -0.39 is 26.2 Å². The van der Waals surface area contributed by atoms with Gasteiger partial charge >= 0.3 is 20.3 Å². The highest BCUT2D eigenvalue weighted by Gasteiger charge is 2.38. The van der Waals surface area contributed by atoms with Gasteiger partial charge in [-0.25, -0.2) is 4.39 Å². The van der Waals surface area contributed by atoms with Crippen molar-refractivity contribution in [2.45, 2.75) is 12.7 Å². The van der Waals surface area contributed by atoms with Crippen molar-refractivity contribution in [2.75, 3.05) is 0 Å². The third-order valence-electron chi connectivity index (χ3n) is 1.60. The fraction of sp³-hybridized carbons (Fsp3) is 0.222. The van der Waals surface area contributed by atoms with E-state index >= 15 is 0 Å². The number of hydrogen-bond donors (Lipinski definition) is 1. The maximum Gasteiger partial charge on any atom is 0.471 e. The number of amides is 1. The summed E-state index contributed by atoms with van der Waals surface area (Å²) in [5.74, 6) is -2.60. The van der Waals surface area contributed by atoms with Crippen LogP contribution in [0.15, 0.2) is 24.3 Å². The molecule has 20 heavy (non-hydrogen) atoms. The third-order valence-corrected chi connectivity index (χ3v) is 1.60. The van der Waals surface area contributed by atoms with Crippen LogP contribution in [0, 0.1) is 5.82 Å². The summed E-state index contributed by atoms with van der Waals surface area (Å²) in [5, 5.41) is 1.64. The molecule has 0 fully saturated rings. The molecule has 0 unspecified atom stereocenters. The molecule has 0 aliphatic carbocycles. The molecule has 114 valence electrons. The van der Waals surface area contributed by atoms with E-state index in [0.717, 1.165) is 12.1 Å². The molecule has 0 saturated heterocycles. The second-order valence-electron chi connectivity index (χ2n) is 3.19. The molecule has 0 radical (unpaired) electrons. The van der Waals surface area contributed by atoms with Gasteiger partial charge in [0.1, 0.15) is 5.82 Å². The summed E-state index contributed by atoms with van der Waals surface area (Å²) in [6.45, 7) is -0.351. The summed E-state index contributed by atoms with van der Waals surface area (Å²) in [5.41, 5.74) is 0.271. The van der Waals surface area contributed by atoms with E-state index in [1.54, 1.807) is 5.32 Å². The minimum Gasteiger partial charge on any atom is -0.344 e. The molecule has 0 aliphatic rings. The Hall–Kier alpha value is -1.06. The Morgan fingerprint density at radius 1 is 1.25 bits per heavy atom. The van der Waals surface area contributed by atoms with E-state index in [0.29, 0.717) is 0 Å². The molecule has 0 heterocycles. The van der Waals surface area contributed by atoms with Crippen molar-refractivity contribution >= 4 is 35.5 Å². The lowest BCUT2D eigenvalue weighted by Gasteiger charge is -2.07. The lowest BCUT2D eigenvalue weighted by Crippen LogP contribution is -2.36. The van der Waals surface area contributed by atoms with Gasteiger partial charge in [-0.05, 0) is 17.7 Å². The van der Waals surface area contributed by atoms with Gasteiger partial charge in [-0.1, -0.05) is 12.1 Å². The molecular weight excluding hydrogens is 349 g/mol. The standard InChI is InChI=1S/C9H7F4NO.Cl2O2S/c10-7-3-1-2-6(4-7)5-14-8(15)9(11,12)13;1-5(2,3)4/h1-4H,5H2,(H,14,15);. The molecule has 0 bridgehead atoms. The molecular formula is C9H7Cl2F4NO3S. The highest BCUT2D eigenvalue weighted by Crippen LogP contribution is 2.14. The quantitative estimate of drug-likeness (QED) is 0.655. The SMILES string of the molecule is O=C(NCc1cccc(F)c1)C(F)(F)F.O=S(=O)(Cl)Cl. The van der Waals surface area contributed by atoms with Crippen LogP contribution in [0.4, 0.5) is 17.6 Å². The Bertz CT molecular complexity index is 555. The second-order valence-corrected chi connectivity index (χ2v) is 6.86. The molecule has 4 nitrogen and oxygen atoms in total. The molecule has 1 aromatic carbocycles. The maximum atomic E-state index is 12.6. The van der Waals surface area contributed by atoms with Crippen molar-refractivity contribution in [1.29, 1.82) is 0 Å². The number of benzene rings is 1. The maximum absolute atomic E-state index is 12.6. The number of nitrogens with one attached hydrogen (secondary N) is 1. The van der Waals surface area contributed by atoms with Gasteiger partial charge in [0.05, 0.1) is 0 Å². The third kappa shape index (κ3) is 10.8. The van der Waals surface area contributed by atoms with Crippen LogP contribution in [0.1, 0.15) is 5.56 Å². The molecule has 0 aliphatic heterocycles. The van der Waals surface area contributed by atoms with Gasteiger partial charge in [0.25, 0.3) is 0 Å². The van der Waals surface area contributed by atoms with Crippen molar-refractivity contribution in [3.8, 4) is 0 Å². The number of carbonyl (C=O) groups excluding carboxylic acids is 1. The fourth-order valence-electron chi connectivity index (χ4n) is 0.929. The average Bonchev–Trinajstić information content (AvgIpc) is 2.22. The molecule has 1 N–H and O–H groups in total. The monoisotopic (exact) mass is 355 g/mol. The lowest BCUT2D eigenvalue weighted by molar-refractivity contribution is -0.173. The van der Waals surface area contributed by atoms with Gasteiger partial charge in [0.15, 0.2) is 0 Å². The van der Waals surface area contributed by atoms with Crippen molar-refractivity contribution in [1.82, 2.24) is 5.32 Å². The summed E-state index contributed by atoms with van der Waals surface area (Å²) in [4.78, 5) is 10.4. The zero-order valence-electron chi connectivity index (χ0n) is 9.42. The van der Waals surface area contributed by atoms with E-state index in [-0.39, 0.29) is 12.1 Å². The molecule has 11 heteroatoms. The average molecular weight is 356 g/mol. The molecule has 0 atom stereocenters. The van der Waals surface area contributed by atoms with Gasteiger partial charge in [0.2, 0.25) is 0 Å². The first-order valence-corrected chi connectivity index (χ1v) is 7.77. The summed E-state index contributed by atoms with van der Waals surface area (Å²) in [6, 6.07) is 4.98. The van der Waals surface area contributed by atoms with Gasteiger partial charge in [0, 0.05) is 27.9 Å². The van der Waals surface area contributed by atoms with Crippen LogP contribution < -0.4 is 5.32 Å². The van der Waals surface area contributed by atoms with E-state index in [1.807, 2.05) is 0 Å². The van der Waals surface area contributed by atoms with Crippen molar-refractivity contribution in [3.63, 3.8) is 0 Å². The Morgan fingerprint density at radius 3 is 2.15 bits per heavy atom. The molecule has 1 rings (SSSR count). The first kappa shape index (κ1) is 18.9. The number of halogens is 6. The number of alkyl halides is 3. The lowest BCUT2D eigenvalue weighted by atomic mass is 10.2. The molecule has 0 aromatic heterocycles. The van der Waals surface area contributed by atoms with E-state index in [9.17, 15) is 22.4 Å². The number of hydrogen-bond acceptors (Lipinski definition) is 3. The number of rotatable bonds is 2. The normalized spacial score (nSPS) is 11.3. The number of carbonyl (C=O) groups is 1. The van der Waals surface area contributed by atoms with Crippen LogP contribution in [0.3, 0.4) is 0 Å². The summed E-state index contributed by atoms with van der Waals surface area (Å²) in [7, 11) is 4.81. The van der Waals surface area contributed by atoms with Crippen LogP contribution in [0.2, 0.25) is 0 Å². The Balaban J connectivity index is 0.000000621. The molecule has 1 aromatic rings. The second kappa shape index (κ2) is 7.65. The largest absolute Gasteiger partial charge is 0.471 e. The van der Waals surface area contributed by atoms with Crippen molar-refractivity contribution < 1.29 is 30.8 Å². The van der Waals surface area contributed by atoms with Crippen molar-refractivity contribution in [2.24, 2.45) is 0 Å². The predicted octanol–water partition coefficient (Wildman–Crippen LogP) is 2.71. The van der Waals surface area contributed by atoms with Crippen LogP contribution in [-0.2, 0) is 19.6 Å². The van der Waals surface area contributed by atoms with E-state index in [4.69, 9.17) is 8.42 Å². The first-order valence-electron chi connectivity index (χ1n) is 4.63. The van der Waals surface area contributed by atoms with Gasteiger partial charge in [-0.3, -0.25) is 4.79 Å². The minimum atomic E-state index is -4.91. The zero-order valence-corrected chi connectivity index (χ0v) is 11.7. The Kier molecular flexibility index (Phi) is 7.25. The smallest absolute Gasteiger partial charge is 0.344 e. The summed E-state index contributed by atoms with van der Waals surface area (Å²) in [6.07, 6.45) is -4.91. The van der Waals surface area contributed by atoms with Crippen LogP contribution in [-0.4, -0.2) is 20.5 Å². The first-order chi connectivity index (χ1) is 8.89. The zero-order chi connectivity index (χ0) is 16.0. The minimum absolute atomic E-state index is 0.271. The highest BCUT2D eigenvalue weighted by atomic mass is 36.0. The Labute approximate surface area is 120 Å². The van der Waals surface area contributed by atoms with E-state index in [2.05, 4.69) is 21.4 Å². The summed E-state index contributed by atoms with van der Waals surface area (Å²) >= 11 is 0. The Morgan fingerprint density at radius 2 is 1.75 bits per heavy atom. The highest BCUT2D eigenvalue weighted by molar-refractivity contribution is 8.31.